The molecule has 0 amide bonds. The van der Waals surface area contributed by atoms with E-state index >= 15 is 0 Å². The van der Waals surface area contributed by atoms with Gasteiger partial charge in [-0.1, -0.05) is 48.0 Å². The van der Waals surface area contributed by atoms with Crippen LogP contribution in [0.5, 0.6) is 0 Å². The van der Waals surface area contributed by atoms with Gasteiger partial charge in [0.05, 0.1) is 11.7 Å². The number of H-pyrrole nitrogens is 2. The molecule has 5 rings (SSSR count). The fourth-order valence-electron chi connectivity index (χ4n) is 3.27. The van der Waals surface area contributed by atoms with Crippen molar-refractivity contribution >= 4 is 28.2 Å². The second-order valence-electron chi connectivity index (χ2n) is 6.71. The van der Waals surface area contributed by atoms with Crippen LogP contribution in [0.15, 0.2) is 72.9 Å². The summed E-state index contributed by atoms with van der Waals surface area (Å²) < 4.78 is 0. The molecule has 0 spiro atoms. The second-order valence-corrected chi connectivity index (χ2v) is 7.15. The molecule has 2 aromatic heterocycles. The molecule has 0 aliphatic carbocycles. The number of hydrogen-bond donors (Lipinski definition) is 3. The fourth-order valence-corrected chi connectivity index (χ4v) is 3.46. The lowest BCUT2D eigenvalue weighted by atomic mass is 10.1. The van der Waals surface area contributed by atoms with Crippen LogP contribution in [0.25, 0.3) is 33.7 Å². The van der Waals surface area contributed by atoms with Gasteiger partial charge < -0.3 is 5.32 Å². The number of fused-ring (bicyclic) bond motifs is 1. The second kappa shape index (κ2) is 7.41. The minimum Gasteiger partial charge on any atom is -0.380 e. The normalized spacial score (nSPS) is 11.1. The van der Waals surface area contributed by atoms with Gasteiger partial charge in [0.1, 0.15) is 0 Å². The van der Waals surface area contributed by atoms with Crippen LogP contribution in [-0.2, 0) is 6.54 Å². The van der Waals surface area contributed by atoms with E-state index in [0.29, 0.717) is 23.2 Å². The number of anilines is 1. The third kappa shape index (κ3) is 3.58. The van der Waals surface area contributed by atoms with Crippen LogP contribution in [0, 0.1) is 0 Å². The van der Waals surface area contributed by atoms with Gasteiger partial charge in [-0.25, -0.2) is 4.98 Å². The summed E-state index contributed by atoms with van der Waals surface area (Å²) in [5.41, 5.74) is 4.99. The SMILES string of the molecule is Clc1cccc(-c2n[nH]c(-c3ccccc3NCc3ccc4cn[nH]c4c3)n2)c1. The highest BCUT2D eigenvalue weighted by atomic mass is 35.5. The lowest BCUT2D eigenvalue weighted by Crippen LogP contribution is -2.01. The molecule has 142 valence electrons. The largest absolute Gasteiger partial charge is 0.380 e. The molecule has 0 aliphatic rings. The predicted octanol–water partition coefficient (Wildman–Crippen LogP) is 5.28. The summed E-state index contributed by atoms with van der Waals surface area (Å²) in [5, 5.41) is 19.7. The molecule has 0 saturated carbocycles. The molecular weight excluding hydrogens is 384 g/mol. The molecule has 3 N–H and O–H groups in total. The van der Waals surface area contributed by atoms with Gasteiger partial charge in [-0.15, -0.1) is 0 Å². The molecule has 7 heteroatoms. The Kier molecular flexibility index (Phi) is 4.46. The van der Waals surface area contributed by atoms with Gasteiger partial charge in [0.15, 0.2) is 11.6 Å². The zero-order chi connectivity index (χ0) is 19.6. The Balaban J connectivity index is 1.40. The fraction of sp³-hybridized carbons (Fsp3) is 0.0455. The quantitative estimate of drug-likeness (QED) is 0.375. The van der Waals surface area contributed by atoms with Crippen molar-refractivity contribution in [2.75, 3.05) is 5.32 Å². The van der Waals surface area contributed by atoms with Crippen LogP contribution in [0.1, 0.15) is 5.56 Å². The molecule has 0 bridgehead atoms. The van der Waals surface area contributed by atoms with Crippen molar-refractivity contribution in [3.8, 4) is 22.8 Å². The van der Waals surface area contributed by atoms with Crippen molar-refractivity contribution in [2.24, 2.45) is 0 Å². The molecule has 5 aromatic rings. The third-order valence-corrected chi connectivity index (χ3v) is 4.97. The Hall–Kier alpha value is -3.64. The van der Waals surface area contributed by atoms with Crippen LogP contribution in [0.2, 0.25) is 5.02 Å². The van der Waals surface area contributed by atoms with Gasteiger partial charge in [0.2, 0.25) is 0 Å². The first-order valence-corrected chi connectivity index (χ1v) is 9.58. The monoisotopic (exact) mass is 400 g/mol. The number of rotatable bonds is 5. The van der Waals surface area contributed by atoms with Crippen molar-refractivity contribution in [1.82, 2.24) is 25.4 Å². The lowest BCUT2D eigenvalue weighted by molar-refractivity contribution is 1.09. The highest BCUT2D eigenvalue weighted by Gasteiger charge is 2.11. The average Bonchev–Trinajstić information content (AvgIpc) is 3.42. The highest BCUT2D eigenvalue weighted by Crippen LogP contribution is 2.28. The molecular formula is C22H17ClN6. The van der Waals surface area contributed by atoms with E-state index in [4.69, 9.17) is 11.6 Å². The van der Waals surface area contributed by atoms with Crippen LogP contribution in [0.4, 0.5) is 5.69 Å². The zero-order valence-electron chi connectivity index (χ0n) is 15.4. The Morgan fingerprint density at radius 1 is 0.931 bits per heavy atom. The van der Waals surface area contributed by atoms with Crippen molar-refractivity contribution in [3.05, 3.63) is 83.5 Å². The number of halogens is 1. The third-order valence-electron chi connectivity index (χ3n) is 4.74. The topological polar surface area (TPSA) is 82.3 Å². The smallest absolute Gasteiger partial charge is 0.181 e. The van der Waals surface area contributed by atoms with E-state index in [9.17, 15) is 0 Å². The Labute approximate surface area is 172 Å². The van der Waals surface area contributed by atoms with Gasteiger partial charge >= 0.3 is 0 Å². The Morgan fingerprint density at radius 3 is 2.79 bits per heavy atom. The maximum Gasteiger partial charge on any atom is 0.181 e. The number of benzene rings is 3. The zero-order valence-corrected chi connectivity index (χ0v) is 16.1. The summed E-state index contributed by atoms with van der Waals surface area (Å²) >= 11 is 6.09. The molecule has 29 heavy (non-hydrogen) atoms. The number of nitrogens with zero attached hydrogens (tertiary/aromatic N) is 3. The number of nitrogens with one attached hydrogen (secondary N) is 3. The predicted molar refractivity (Wildman–Crippen MR) is 116 cm³/mol. The van der Waals surface area contributed by atoms with Crippen LogP contribution in [-0.4, -0.2) is 25.4 Å². The number of para-hydroxylation sites is 1. The average molecular weight is 401 g/mol. The van der Waals surface area contributed by atoms with E-state index in [-0.39, 0.29) is 0 Å². The van der Waals surface area contributed by atoms with Crippen LogP contribution < -0.4 is 5.32 Å². The summed E-state index contributed by atoms with van der Waals surface area (Å²) in [6.07, 6.45) is 1.82. The first-order chi connectivity index (χ1) is 14.3. The van der Waals surface area contributed by atoms with Crippen molar-refractivity contribution in [2.45, 2.75) is 6.54 Å². The van der Waals surface area contributed by atoms with Gasteiger partial charge in [0.25, 0.3) is 0 Å². The molecule has 3 aromatic carbocycles. The van der Waals surface area contributed by atoms with E-state index in [2.05, 4.69) is 48.9 Å². The van der Waals surface area contributed by atoms with Gasteiger partial charge in [-0.3, -0.25) is 10.2 Å². The summed E-state index contributed by atoms with van der Waals surface area (Å²) in [6.45, 7) is 0.682. The van der Waals surface area contributed by atoms with E-state index in [1.54, 1.807) is 0 Å². The van der Waals surface area contributed by atoms with Crippen molar-refractivity contribution < 1.29 is 0 Å². The summed E-state index contributed by atoms with van der Waals surface area (Å²) in [4.78, 5) is 4.66. The highest BCUT2D eigenvalue weighted by molar-refractivity contribution is 6.30. The first-order valence-electron chi connectivity index (χ1n) is 9.20. The van der Waals surface area contributed by atoms with Gasteiger partial charge in [-0.05, 0) is 35.9 Å². The molecule has 2 heterocycles. The maximum atomic E-state index is 6.09. The standard InChI is InChI=1S/C22H17ClN6/c23-17-5-3-4-15(11-17)21-26-22(29-28-21)18-6-1-2-7-19(18)24-12-14-8-9-16-13-25-27-20(16)10-14/h1-11,13,24H,12H2,(H,25,27)(H,26,28,29). The van der Waals surface area contributed by atoms with E-state index in [0.717, 1.165) is 33.3 Å². The van der Waals surface area contributed by atoms with Crippen molar-refractivity contribution in [3.63, 3.8) is 0 Å². The lowest BCUT2D eigenvalue weighted by Gasteiger charge is -2.10. The van der Waals surface area contributed by atoms with Crippen molar-refractivity contribution in [1.29, 1.82) is 0 Å². The minimum absolute atomic E-state index is 0.613. The Bertz CT molecular complexity index is 1290. The molecule has 0 atom stereocenters. The first kappa shape index (κ1) is 17.5. The molecule has 0 unspecified atom stereocenters. The van der Waals surface area contributed by atoms with Gasteiger partial charge in [-0.2, -0.15) is 10.2 Å². The molecule has 0 aliphatic heterocycles. The van der Waals surface area contributed by atoms with E-state index < -0.39 is 0 Å². The summed E-state index contributed by atoms with van der Waals surface area (Å²) in [6, 6.07) is 21.8. The number of aromatic amines is 2. The molecule has 0 fully saturated rings. The summed E-state index contributed by atoms with van der Waals surface area (Å²) in [5.74, 6) is 1.31. The van der Waals surface area contributed by atoms with Gasteiger partial charge in [0, 0.05) is 33.8 Å². The van der Waals surface area contributed by atoms with Crippen LogP contribution in [0.3, 0.4) is 0 Å². The minimum atomic E-state index is 0.613. The Morgan fingerprint density at radius 2 is 1.86 bits per heavy atom. The van der Waals surface area contributed by atoms with E-state index in [1.165, 1.54) is 0 Å². The number of aromatic nitrogens is 5. The maximum absolute atomic E-state index is 6.09. The van der Waals surface area contributed by atoms with E-state index in [1.807, 2.05) is 54.7 Å². The number of hydrogen-bond acceptors (Lipinski definition) is 4. The molecule has 6 nitrogen and oxygen atoms in total. The van der Waals surface area contributed by atoms with Crippen LogP contribution >= 0.6 is 11.6 Å². The molecule has 0 radical (unpaired) electrons. The summed E-state index contributed by atoms with van der Waals surface area (Å²) in [7, 11) is 0. The molecule has 0 saturated heterocycles.